The zero-order valence-electron chi connectivity index (χ0n) is 14.1. The molecule has 0 aliphatic heterocycles. The predicted molar refractivity (Wildman–Crippen MR) is 104 cm³/mol. The summed E-state index contributed by atoms with van der Waals surface area (Å²) < 4.78 is 0. The van der Waals surface area contributed by atoms with E-state index in [-0.39, 0.29) is 6.61 Å². The maximum atomic E-state index is 9.52. The molecule has 0 unspecified atom stereocenters. The number of nitrogens with one attached hydrogen (secondary N) is 1. The molecule has 6 heteroatoms. The van der Waals surface area contributed by atoms with Gasteiger partial charge in [0.2, 0.25) is 0 Å². The van der Waals surface area contributed by atoms with Crippen LogP contribution in [0.1, 0.15) is 5.56 Å². The summed E-state index contributed by atoms with van der Waals surface area (Å²) in [5.74, 6) is 0. The number of hydrogen-bond acceptors (Lipinski definition) is 4. The Kier molecular flexibility index (Phi) is 5.16. The highest BCUT2D eigenvalue weighted by molar-refractivity contribution is 6.31. The van der Waals surface area contributed by atoms with E-state index in [0.29, 0.717) is 5.02 Å². The summed E-state index contributed by atoms with van der Waals surface area (Å²) in [5.41, 5.74) is 4.14. The van der Waals surface area contributed by atoms with Crippen LogP contribution in [0.5, 0.6) is 0 Å². The van der Waals surface area contributed by atoms with Crippen LogP contribution in [-0.4, -0.2) is 35.4 Å². The topological polar surface area (TPSA) is 60.8 Å². The van der Waals surface area contributed by atoms with Crippen LogP contribution in [0.3, 0.4) is 0 Å². The van der Waals surface area contributed by atoms with Gasteiger partial charge in [0.15, 0.2) is 0 Å². The first kappa shape index (κ1) is 17.2. The highest BCUT2D eigenvalue weighted by Gasteiger charge is 2.05. The van der Waals surface area contributed by atoms with Crippen LogP contribution < -0.4 is 5.32 Å². The summed E-state index contributed by atoms with van der Waals surface area (Å²) in [4.78, 5) is 10.6. The number of nitrogens with zero attached hydrogens (tertiary/aromatic N) is 3. The summed E-state index contributed by atoms with van der Waals surface area (Å²) in [6.07, 6.45) is 3.46. The molecule has 0 amide bonds. The van der Waals surface area contributed by atoms with Gasteiger partial charge in [-0.05, 0) is 48.0 Å². The van der Waals surface area contributed by atoms with E-state index in [9.17, 15) is 5.11 Å². The van der Waals surface area contributed by atoms with Crippen LogP contribution in [0.4, 0.5) is 17.1 Å². The van der Waals surface area contributed by atoms with E-state index >= 15 is 0 Å². The van der Waals surface area contributed by atoms with E-state index in [1.165, 1.54) is 0 Å². The van der Waals surface area contributed by atoms with Gasteiger partial charge in [0.1, 0.15) is 0 Å². The van der Waals surface area contributed by atoms with E-state index in [1.807, 2.05) is 61.5 Å². The molecule has 0 fully saturated rings. The second-order valence-corrected chi connectivity index (χ2v) is 6.34. The Morgan fingerprint density at radius 3 is 2.80 bits per heavy atom. The van der Waals surface area contributed by atoms with E-state index in [4.69, 9.17) is 11.6 Å². The molecule has 0 atom stereocenters. The summed E-state index contributed by atoms with van der Waals surface area (Å²) in [7, 11) is 3.82. The number of rotatable bonds is 5. The summed E-state index contributed by atoms with van der Waals surface area (Å²) in [6, 6.07) is 13.2. The second kappa shape index (κ2) is 7.51. The van der Waals surface area contributed by atoms with Crippen molar-refractivity contribution in [2.75, 3.05) is 19.4 Å². The Bertz CT molecular complexity index is 924. The maximum absolute atomic E-state index is 9.52. The van der Waals surface area contributed by atoms with Crippen LogP contribution >= 0.6 is 11.6 Å². The quantitative estimate of drug-likeness (QED) is 0.528. The van der Waals surface area contributed by atoms with Crippen LogP contribution in [0.25, 0.3) is 10.9 Å². The number of halogens is 1. The monoisotopic (exact) mass is 354 g/mol. The molecule has 1 aromatic heterocycles. The largest absolute Gasteiger partial charge is 0.392 e. The number of aromatic nitrogens is 1. The Labute approximate surface area is 151 Å². The normalized spacial score (nSPS) is 11.2. The summed E-state index contributed by atoms with van der Waals surface area (Å²) >= 11 is 6.04. The Morgan fingerprint density at radius 2 is 2.04 bits per heavy atom. The lowest BCUT2D eigenvalue weighted by atomic mass is 10.1. The lowest BCUT2D eigenvalue weighted by Gasteiger charge is -2.12. The number of aliphatic imine (C=N–C) groups is 1. The number of aliphatic hydroxyl groups excluding tert-OH is 1. The molecule has 25 heavy (non-hydrogen) atoms. The smallest absolute Gasteiger partial charge is 0.0907 e. The van der Waals surface area contributed by atoms with Crippen molar-refractivity contribution < 1.29 is 5.11 Å². The molecule has 3 aromatic rings. The molecular weight excluding hydrogens is 336 g/mol. The van der Waals surface area contributed by atoms with Crippen LogP contribution in [-0.2, 0) is 6.61 Å². The van der Waals surface area contributed by atoms with Gasteiger partial charge >= 0.3 is 0 Å². The highest BCUT2D eigenvalue weighted by Crippen LogP contribution is 2.29. The van der Waals surface area contributed by atoms with Gasteiger partial charge in [-0.2, -0.15) is 0 Å². The van der Waals surface area contributed by atoms with Gasteiger partial charge in [0, 0.05) is 42.1 Å². The number of aliphatic hydroxyl groups is 1. The van der Waals surface area contributed by atoms with Crippen molar-refractivity contribution in [2.24, 2.45) is 4.99 Å². The van der Waals surface area contributed by atoms with Crippen molar-refractivity contribution in [3.8, 4) is 0 Å². The van der Waals surface area contributed by atoms with Gasteiger partial charge in [-0.15, -0.1) is 0 Å². The molecule has 2 N–H and O–H groups in total. The van der Waals surface area contributed by atoms with E-state index in [2.05, 4.69) is 15.3 Å². The average Bonchev–Trinajstić information content (AvgIpc) is 2.59. The van der Waals surface area contributed by atoms with Crippen molar-refractivity contribution in [2.45, 2.75) is 6.61 Å². The first-order valence-electron chi connectivity index (χ1n) is 7.82. The molecule has 0 aliphatic rings. The van der Waals surface area contributed by atoms with Gasteiger partial charge in [0.05, 0.1) is 24.1 Å². The molecular formula is C19H19ClN4O. The Balaban J connectivity index is 1.99. The van der Waals surface area contributed by atoms with Crippen molar-refractivity contribution in [1.82, 2.24) is 9.88 Å². The third-order valence-electron chi connectivity index (χ3n) is 3.58. The van der Waals surface area contributed by atoms with Gasteiger partial charge < -0.3 is 15.3 Å². The molecule has 0 spiro atoms. The van der Waals surface area contributed by atoms with Crippen molar-refractivity contribution >= 4 is 45.9 Å². The number of fused-ring (bicyclic) bond motifs is 1. The molecule has 2 aromatic carbocycles. The van der Waals surface area contributed by atoms with Gasteiger partial charge in [-0.25, -0.2) is 4.99 Å². The first-order valence-corrected chi connectivity index (χ1v) is 8.20. The molecule has 0 aliphatic carbocycles. The van der Waals surface area contributed by atoms with E-state index < -0.39 is 0 Å². The molecule has 1 heterocycles. The first-order chi connectivity index (χ1) is 12.0. The Morgan fingerprint density at radius 1 is 1.20 bits per heavy atom. The molecule has 0 saturated carbocycles. The second-order valence-electron chi connectivity index (χ2n) is 5.90. The number of benzene rings is 2. The molecule has 3 rings (SSSR count). The fourth-order valence-electron chi connectivity index (χ4n) is 2.48. The maximum Gasteiger partial charge on any atom is 0.0907 e. The SMILES string of the molecule is CN(C)C=Nc1cc(CO)cc(Nc2ccnc3cc(Cl)ccc23)c1. The molecule has 128 valence electrons. The highest BCUT2D eigenvalue weighted by atomic mass is 35.5. The van der Waals surface area contributed by atoms with E-state index in [1.54, 1.807) is 12.5 Å². The van der Waals surface area contributed by atoms with Crippen LogP contribution in [0.15, 0.2) is 53.7 Å². The number of pyridine rings is 1. The zero-order chi connectivity index (χ0) is 17.8. The Hall–Kier alpha value is -2.63. The van der Waals surface area contributed by atoms with Crippen molar-refractivity contribution in [3.63, 3.8) is 0 Å². The third kappa shape index (κ3) is 4.26. The number of hydrogen-bond donors (Lipinski definition) is 2. The van der Waals surface area contributed by atoms with Crippen molar-refractivity contribution in [3.05, 3.63) is 59.2 Å². The van der Waals surface area contributed by atoms with Crippen molar-refractivity contribution in [1.29, 1.82) is 0 Å². The minimum absolute atomic E-state index is 0.0489. The fraction of sp³-hybridized carbons (Fsp3) is 0.158. The molecule has 0 saturated heterocycles. The van der Waals surface area contributed by atoms with Crippen LogP contribution in [0, 0.1) is 0 Å². The van der Waals surface area contributed by atoms with Gasteiger partial charge in [-0.3, -0.25) is 4.98 Å². The lowest BCUT2D eigenvalue weighted by Crippen LogP contribution is -2.07. The summed E-state index contributed by atoms with van der Waals surface area (Å²) in [6.45, 7) is -0.0489. The lowest BCUT2D eigenvalue weighted by molar-refractivity contribution is 0.282. The third-order valence-corrected chi connectivity index (χ3v) is 3.82. The molecule has 0 bridgehead atoms. The van der Waals surface area contributed by atoms with Gasteiger partial charge in [-0.1, -0.05) is 11.6 Å². The summed E-state index contributed by atoms with van der Waals surface area (Å²) in [5, 5.41) is 14.5. The van der Waals surface area contributed by atoms with Gasteiger partial charge in [0.25, 0.3) is 0 Å². The van der Waals surface area contributed by atoms with E-state index in [0.717, 1.165) is 33.5 Å². The molecule has 0 radical (unpaired) electrons. The minimum Gasteiger partial charge on any atom is -0.392 e. The minimum atomic E-state index is -0.0489. The standard InChI is InChI=1S/C19H19ClN4O/c1-24(2)12-22-15-7-13(11-25)8-16(10-15)23-18-5-6-21-19-9-14(20)3-4-17(18)19/h3-10,12,25H,11H2,1-2H3,(H,21,23). The van der Waals surface area contributed by atoms with Crippen LogP contribution in [0.2, 0.25) is 5.02 Å². The predicted octanol–water partition coefficient (Wildman–Crippen LogP) is 4.35. The zero-order valence-corrected chi connectivity index (χ0v) is 14.8. The average molecular weight is 355 g/mol. The number of anilines is 2. The fourth-order valence-corrected chi connectivity index (χ4v) is 2.65. The molecule has 5 nitrogen and oxygen atoms in total.